The third kappa shape index (κ3) is 2.80. The number of H-pyrrole nitrogens is 2. The minimum absolute atomic E-state index is 0.0743. The molecular weight excluding hydrogens is 366 g/mol. The van der Waals surface area contributed by atoms with Gasteiger partial charge in [0, 0.05) is 17.6 Å². The summed E-state index contributed by atoms with van der Waals surface area (Å²) in [6, 6.07) is 13.8. The van der Waals surface area contributed by atoms with Gasteiger partial charge in [-0.05, 0) is 35.9 Å². The predicted molar refractivity (Wildman–Crippen MR) is 103 cm³/mol. The van der Waals surface area contributed by atoms with Crippen LogP contribution in [0.4, 0.5) is 5.69 Å². The molecule has 1 aromatic heterocycles. The van der Waals surface area contributed by atoms with Crippen molar-refractivity contribution < 1.29 is 9.59 Å². The van der Waals surface area contributed by atoms with Crippen LogP contribution in [0.25, 0.3) is 11.6 Å². The maximum atomic E-state index is 13.0. The number of fused-ring (bicyclic) bond motifs is 1. The highest BCUT2D eigenvalue weighted by molar-refractivity contribution is 6.51. The molecule has 7 heteroatoms. The van der Waals surface area contributed by atoms with Crippen molar-refractivity contribution in [3.8, 4) is 0 Å². The van der Waals surface area contributed by atoms with Crippen LogP contribution < -0.4 is 21.0 Å². The van der Waals surface area contributed by atoms with Crippen molar-refractivity contribution in [3.05, 3.63) is 85.6 Å². The van der Waals surface area contributed by atoms with Crippen molar-refractivity contribution in [2.24, 2.45) is 0 Å². The molecule has 1 aliphatic heterocycles. The Labute approximate surface area is 158 Å². The molecule has 4 rings (SSSR count). The number of Topliss-reactive ketones (excluding diaryl/α,β-unsaturated/α-hetero) is 1. The van der Waals surface area contributed by atoms with Crippen molar-refractivity contribution in [2.75, 3.05) is 11.9 Å². The molecule has 0 saturated carbocycles. The number of carbonyl (C=O) groups is 2. The maximum absolute atomic E-state index is 13.0. The van der Waals surface area contributed by atoms with E-state index < -0.39 is 17.2 Å². The zero-order chi connectivity index (χ0) is 19.1. The number of rotatable bonds is 1. The lowest BCUT2D eigenvalue weighted by molar-refractivity contribution is -0.113. The summed E-state index contributed by atoms with van der Waals surface area (Å²) in [4.78, 5) is 39.5. The second kappa shape index (κ2) is 6.41. The van der Waals surface area contributed by atoms with Gasteiger partial charge in [0.05, 0.1) is 16.3 Å². The molecule has 0 unspecified atom stereocenters. The third-order valence-electron chi connectivity index (χ3n) is 4.50. The molecule has 27 heavy (non-hydrogen) atoms. The van der Waals surface area contributed by atoms with Gasteiger partial charge in [0.1, 0.15) is 5.57 Å². The maximum Gasteiger partial charge on any atom is 0.271 e. The molecule has 0 spiro atoms. The number of hydrogen-bond donors (Lipinski definition) is 2. The number of aromatic nitrogens is 2. The van der Waals surface area contributed by atoms with E-state index in [9.17, 15) is 14.4 Å². The average Bonchev–Trinajstić information content (AvgIpc) is 3.02. The molecule has 0 aliphatic carbocycles. The summed E-state index contributed by atoms with van der Waals surface area (Å²) in [5, 5.41) is 6.10. The number of carbonyl (C=O) groups excluding carboxylic acids is 2. The highest BCUT2D eigenvalue weighted by Gasteiger charge is 2.33. The fourth-order valence-corrected chi connectivity index (χ4v) is 3.24. The Morgan fingerprint density at radius 3 is 2.41 bits per heavy atom. The van der Waals surface area contributed by atoms with E-state index in [0.717, 1.165) is 5.56 Å². The van der Waals surface area contributed by atoms with E-state index in [4.69, 9.17) is 11.6 Å². The molecule has 1 aliphatic rings. The summed E-state index contributed by atoms with van der Waals surface area (Å²) in [5.41, 5.74) is 1.17. The number of para-hydroxylation sites is 1. The van der Waals surface area contributed by atoms with Crippen LogP contribution in [0.15, 0.2) is 53.3 Å². The smallest absolute Gasteiger partial charge is 0.271 e. The second-order valence-corrected chi connectivity index (χ2v) is 6.59. The number of benzene rings is 2. The largest absolute Gasteiger partial charge is 0.310 e. The van der Waals surface area contributed by atoms with Crippen molar-refractivity contribution >= 4 is 40.6 Å². The molecule has 0 bridgehead atoms. The Kier molecular flexibility index (Phi) is 4.05. The van der Waals surface area contributed by atoms with Crippen LogP contribution in [0.3, 0.4) is 0 Å². The van der Waals surface area contributed by atoms with Crippen LogP contribution in [0.1, 0.15) is 15.9 Å². The quantitative estimate of drug-likeness (QED) is 0.666. The Bertz CT molecular complexity index is 1250. The number of amides is 1. The van der Waals surface area contributed by atoms with Crippen molar-refractivity contribution in [1.29, 1.82) is 0 Å². The monoisotopic (exact) mass is 379 g/mol. The van der Waals surface area contributed by atoms with E-state index in [1.807, 2.05) is 0 Å². The minimum atomic E-state index is -0.472. The lowest BCUT2D eigenvalue weighted by Crippen LogP contribution is -2.44. The van der Waals surface area contributed by atoms with Gasteiger partial charge in [0.2, 0.25) is 5.78 Å². The van der Waals surface area contributed by atoms with Gasteiger partial charge in [0.15, 0.2) is 0 Å². The molecule has 0 radical (unpaired) electrons. The Morgan fingerprint density at radius 1 is 0.963 bits per heavy atom. The average molecular weight is 380 g/mol. The topological polar surface area (TPSA) is 86.0 Å². The lowest BCUT2D eigenvalue weighted by atomic mass is 9.95. The summed E-state index contributed by atoms with van der Waals surface area (Å²) >= 11 is 5.89. The van der Waals surface area contributed by atoms with Crippen LogP contribution in [0, 0.1) is 0 Å². The van der Waals surface area contributed by atoms with Gasteiger partial charge < -0.3 is 4.90 Å². The van der Waals surface area contributed by atoms with Gasteiger partial charge in [-0.1, -0.05) is 35.9 Å². The van der Waals surface area contributed by atoms with E-state index in [1.165, 1.54) is 4.90 Å². The molecule has 0 saturated heterocycles. The highest BCUT2D eigenvalue weighted by Crippen LogP contribution is 2.28. The van der Waals surface area contributed by atoms with E-state index in [2.05, 4.69) is 10.2 Å². The minimum Gasteiger partial charge on any atom is -0.310 e. The molecule has 3 aromatic rings. The molecule has 2 heterocycles. The summed E-state index contributed by atoms with van der Waals surface area (Å²) in [5.74, 6) is -0.894. The molecule has 6 nitrogen and oxygen atoms in total. The SMILES string of the molecule is CN1C(=O)C(=c2[nH][nH]c(=O)/c2=C\c2ccc(Cl)cc2)C(=O)c2ccccc21. The summed E-state index contributed by atoms with van der Waals surface area (Å²) in [6.07, 6.45) is 1.61. The number of nitrogens with one attached hydrogen (secondary N) is 2. The molecular formula is C20H14ClN3O3. The zero-order valence-electron chi connectivity index (χ0n) is 14.2. The van der Waals surface area contributed by atoms with Crippen LogP contribution >= 0.6 is 11.6 Å². The van der Waals surface area contributed by atoms with Crippen LogP contribution in [-0.2, 0) is 4.79 Å². The Balaban J connectivity index is 2.03. The van der Waals surface area contributed by atoms with E-state index in [1.54, 1.807) is 61.7 Å². The van der Waals surface area contributed by atoms with Gasteiger partial charge in [-0.15, -0.1) is 0 Å². The number of halogens is 1. The lowest BCUT2D eigenvalue weighted by Gasteiger charge is -2.25. The summed E-state index contributed by atoms with van der Waals surface area (Å²) in [7, 11) is 1.60. The number of anilines is 1. The van der Waals surface area contributed by atoms with Crippen molar-refractivity contribution in [1.82, 2.24) is 10.2 Å². The normalized spacial score (nSPS) is 16.7. The molecule has 1 amide bonds. The first-order valence-corrected chi connectivity index (χ1v) is 8.55. The van der Waals surface area contributed by atoms with E-state index >= 15 is 0 Å². The molecule has 134 valence electrons. The Morgan fingerprint density at radius 2 is 1.67 bits per heavy atom. The third-order valence-corrected chi connectivity index (χ3v) is 4.75. The van der Waals surface area contributed by atoms with Gasteiger partial charge >= 0.3 is 0 Å². The number of aromatic amines is 2. The van der Waals surface area contributed by atoms with Gasteiger partial charge in [-0.25, -0.2) is 0 Å². The van der Waals surface area contributed by atoms with E-state index in [0.29, 0.717) is 16.3 Å². The van der Waals surface area contributed by atoms with Crippen LogP contribution in [0.5, 0.6) is 0 Å². The first-order chi connectivity index (χ1) is 13.0. The predicted octanol–water partition coefficient (Wildman–Crippen LogP) is 1.20. The number of ketones is 1. The van der Waals surface area contributed by atoms with Gasteiger partial charge in [-0.3, -0.25) is 24.6 Å². The molecule has 2 aromatic carbocycles. The van der Waals surface area contributed by atoms with Gasteiger partial charge in [0.25, 0.3) is 11.5 Å². The summed E-state index contributed by atoms with van der Waals surface area (Å²) in [6.45, 7) is 0. The van der Waals surface area contributed by atoms with Crippen LogP contribution in [0.2, 0.25) is 5.02 Å². The second-order valence-electron chi connectivity index (χ2n) is 6.15. The van der Waals surface area contributed by atoms with Crippen molar-refractivity contribution in [3.63, 3.8) is 0 Å². The first kappa shape index (κ1) is 17.1. The zero-order valence-corrected chi connectivity index (χ0v) is 15.0. The van der Waals surface area contributed by atoms with E-state index in [-0.39, 0.29) is 16.1 Å². The number of nitrogens with zero attached hydrogens (tertiary/aromatic N) is 1. The van der Waals surface area contributed by atoms with Gasteiger partial charge in [-0.2, -0.15) is 0 Å². The van der Waals surface area contributed by atoms with Crippen LogP contribution in [-0.4, -0.2) is 28.9 Å². The Hall–Kier alpha value is -3.38. The highest BCUT2D eigenvalue weighted by atomic mass is 35.5. The summed E-state index contributed by atoms with van der Waals surface area (Å²) < 4.78 is 0. The van der Waals surface area contributed by atoms with Crippen molar-refractivity contribution in [2.45, 2.75) is 0 Å². The fraction of sp³-hybridized carbons (Fsp3) is 0.0500. The fourth-order valence-electron chi connectivity index (χ4n) is 3.12. The molecule has 0 atom stereocenters. The molecule has 2 N–H and O–H groups in total. The molecule has 0 fully saturated rings. The standard InChI is InChI=1S/C20H14ClN3O3/c1-24-15-5-3-2-4-13(15)18(25)16(20(24)27)17-14(19(26)23-22-17)10-11-6-8-12(21)9-7-11/h2-10,22H,1H3,(H,23,26)/b14-10-,17-16?. The number of hydrogen-bond acceptors (Lipinski definition) is 3. The first-order valence-electron chi connectivity index (χ1n) is 8.17.